The van der Waals surface area contributed by atoms with Crippen LogP contribution in [-0.2, 0) is 74.8 Å². The number of aryl methyl sites for hydroxylation is 4. The van der Waals surface area contributed by atoms with E-state index in [1.54, 1.807) is 79.4 Å². The van der Waals surface area contributed by atoms with Crippen molar-refractivity contribution in [2.45, 2.75) is 51.1 Å². The zero-order valence-electron chi connectivity index (χ0n) is 39.8. The zero-order chi connectivity index (χ0) is 51.8. The fourth-order valence-electron chi connectivity index (χ4n) is 10.8. The lowest BCUT2D eigenvalue weighted by atomic mass is 9.86. The molecule has 4 aliphatic rings. The Kier molecular flexibility index (Phi) is 12.2. The van der Waals surface area contributed by atoms with Gasteiger partial charge in [-0.2, -0.15) is 36.5 Å². The molecular weight excluding hydrogens is 971 g/mol. The highest BCUT2D eigenvalue weighted by Gasteiger charge is 2.45. The van der Waals surface area contributed by atoms with Gasteiger partial charge in [-0.15, -0.1) is 0 Å². The highest BCUT2D eigenvalue weighted by Crippen LogP contribution is 2.48. The smallest absolute Gasteiger partial charge is 0.422 e. The Labute approximate surface area is 418 Å². The van der Waals surface area contributed by atoms with Gasteiger partial charge in [0.25, 0.3) is 0 Å². The first-order valence-electron chi connectivity index (χ1n) is 23.9. The van der Waals surface area contributed by atoms with Crippen LogP contribution in [0.3, 0.4) is 0 Å². The summed E-state index contributed by atoms with van der Waals surface area (Å²) in [5.41, 5.74) is 7.72. The molecular formula is C54H46F6N8O6. The van der Waals surface area contributed by atoms with E-state index < -0.39 is 35.4 Å². The van der Waals surface area contributed by atoms with Crippen molar-refractivity contribution in [1.29, 1.82) is 0 Å². The van der Waals surface area contributed by atoms with Crippen molar-refractivity contribution < 1.29 is 55.2 Å². The van der Waals surface area contributed by atoms with E-state index in [1.807, 2.05) is 24.3 Å². The summed E-state index contributed by atoms with van der Waals surface area (Å²) >= 11 is 0. The van der Waals surface area contributed by atoms with E-state index in [1.165, 1.54) is 4.68 Å². The van der Waals surface area contributed by atoms with Gasteiger partial charge in [-0.1, -0.05) is 107 Å². The van der Waals surface area contributed by atoms with Crippen molar-refractivity contribution in [2.24, 2.45) is 25.9 Å². The molecule has 12 rings (SSSR count). The van der Waals surface area contributed by atoms with E-state index in [4.69, 9.17) is 19.3 Å². The van der Waals surface area contributed by atoms with Gasteiger partial charge in [0.05, 0.1) is 28.9 Å². The van der Waals surface area contributed by atoms with Crippen molar-refractivity contribution in [3.8, 4) is 67.9 Å². The molecule has 0 radical (unpaired) electrons. The van der Waals surface area contributed by atoms with Crippen LogP contribution in [0.5, 0.6) is 0 Å². The van der Waals surface area contributed by atoms with Crippen LogP contribution in [0, 0.1) is 11.8 Å². The maximum Gasteiger partial charge on any atom is 0.422 e. The number of rotatable bonds is 10. The SMILES string of the molecule is Cn1nc(-c2noc(-c3ccccc3)c2C(F)(F)F)c2c1-c1ccc(CN3CC(C(=O)O)C3)cc1CC2.Cn1nc2c(c1-c1noc(-c3ccccc3)c1C(F)(F)F)CCc1cc(CN3CC(C(=O)O)C3)ccc1-2. The number of benzene rings is 4. The lowest BCUT2D eigenvalue weighted by Gasteiger charge is -2.36. The molecule has 0 saturated carbocycles. The average Bonchev–Trinajstić information content (AvgIpc) is 4.14. The minimum Gasteiger partial charge on any atom is -0.481 e. The fourth-order valence-corrected chi connectivity index (χ4v) is 10.8. The van der Waals surface area contributed by atoms with Crippen molar-refractivity contribution in [1.82, 2.24) is 39.7 Å². The molecule has 4 aromatic carbocycles. The van der Waals surface area contributed by atoms with Crippen molar-refractivity contribution in [3.63, 3.8) is 0 Å². The van der Waals surface area contributed by atoms with Crippen molar-refractivity contribution in [2.75, 3.05) is 26.2 Å². The number of carboxylic acid groups (broad SMARTS) is 2. The lowest BCUT2D eigenvalue weighted by Crippen LogP contribution is -2.49. The predicted molar refractivity (Wildman–Crippen MR) is 257 cm³/mol. The molecule has 2 fully saturated rings. The Morgan fingerprint density at radius 2 is 0.986 bits per heavy atom. The molecule has 380 valence electrons. The molecule has 0 atom stereocenters. The summed E-state index contributed by atoms with van der Waals surface area (Å²) in [7, 11) is 3.35. The second kappa shape index (κ2) is 18.6. The van der Waals surface area contributed by atoms with E-state index in [9.17, 15) is 35.9 Å². The third-order valence-electron chi connectivity index (χ3n) is 14.3. The Morgan fingerprint density at radius 3 is 1.49 bits per heavy atom. The molecule has 0 unspecified atom stereocenters. The summed E-state index contributed by atoms with van der Waals surface area (Å²) in [5.74, 6) is -2.79. The van der Waals surface area contributed by atoms with Crippen LogP contribution >= 0.6 is 0 Å². The number of aliphatic carboxylic acids is 2. The monoisotopic (exact) mass is 1020 g/mol. The topological polar surface area (TPSA) is 169 Å². The highest BCUT2D eigenvalue weighted by molar-refractivity contribution is 5.82. The van der Waals surface area contributed by atoms with Gasteiger partial charge >= 0.3 is 24.3 Å². The fraction of sp³-hybridized carbons (Fsp3) is 0.296. The quantitative estimate of drug-likeness (QED) is 0.125. The minimum absolute atomic E-state index is 0.186. The second-order valence-corrected chi connectivity index (χ2v) is 19.2. The summed E-state index contributed by atoms with van der Waals surface area (Å²) in [4.78, 5) is 26.3. The van der Waals surface area contributed by atoms with E-state index in [-0.39, 0.29) is 40.4 Å². The zero-order valence-corrected chi connectivity index (χ0v) is 39.8. The van der Waals surface area contributed by atoms with Gasteiger partial charge in [0.2, 0.25) is 0 Å². The Morgan fingerprint density at radius 1 is 0.554 bits per heavy atom. The number of nitrogens with zero attached hydrogens (tertiary/aromatic N) is 8. The molecule has 2 aliphatic heterocycles. The van der Waals surface area contributed by atoms with Crippen LogP contribution in [0.25, 0.3) is 67.9 Å². The molecule has 4 aromatic heterocycles. The van der Waals surface area contributed by atoms with Crippen LogP contribution in [-0.4, -0.2) is 88.0 Å². The average molecular weight is 1020 g/mol. The molecule has 6 heterocycles. The largest absolute Gasteiger partial charge is 0.481 e. The first-order valence-corrected chi connectivity index (χ1v) is 23.9. The Balaban J connectivity index is 0.000000159. The Hall–Kier alpha value is -7.84. The van der Waals surface area contributed by atoms with Gasteiger partial charge in [0, 0.05) is 86.7 Å². The van der Waals surface area contributed by atoms with Crippen LogP contribution < -0.4 is 0 Å². The molecule has 2 N–H and O–H groups in total. The van der Waals surface area contributed by atoms with Gasteiger partial charge in [0.15, 0.2) is 11.5 Å². The van der Waals surface area contributed by atoms with E-state index in [0.29, 0.717) is 98.6 Å². The lowest BCUT2D eigenvalue weighted by molar-refractivity contribution is -0.148. The third kappa shape index (κ3) is 8.84. The van der Waals surface area contributed by atoms with Crippen LogP contribution in [0.4, 0.5) is 26.3 Å². The minimum atomic E-state index is -4.68. The van der Waals surface area contributed by atoms with E-state index in [2.05, 4.69) is 42.4 Å². The first-order chi connectivity index (χ1) is 35.4. The van der Waals surface area contributed by atoms with Gasteiger partial charge in [-0.25, -0.2) is 0 Å². The van der Waals surface area contributed by atoms with Crippen molar-refractivity contribution >= 4 is 11.9 Å². The maximum absolute atomic E-state index is 14.3. The molecule has 0 amide bonds. The number of carbonyl (C=O) groups is 2. The van der Waals surface area contributed by atoms with Crippen LogP contribution in [0.15, 0.2) is 106 Å². The van der Waals surface area contributed by atoms with Gasteiger partial charge in [-0.05, 0) is 47.9 Å². The van der Waals surface area contributed by atoms with Crippen molar-refractivity contribution in [3.05, 3.63) is 142 Å². The van der Waals surface area contributed by atoms with Gasteiger partial charge < -0.3 is 19.3 Å². The summed E-state index contributed by atoms with van der Waals surface area (Å²) in [6, 6.07) is 28.4. The molecule has 74 heavy (non-hydrogen) atoms. The first kappa shape index (κ1) is 48.4. The molecule has 2 aliphatic carbocycles. The molecule has 2 saturated heterocycles. The summed E-state index contributed by atoms with van der Waals surface area (Å²) in [5, 5.41) is 35.1. The number of likely N-dealkylation sites (tertiary alicyclic amines) is 2. The normalized spacial score (nSPS) is 15.8. The van der Waals surface area contributed by atoms with E-state index >= 15 is 0 Å². The molecule has 0 bridgehead atoms. The summed E-state index contributed by atoms with van der Waals surface area (Å²) < 4.78 is 99.4. The molecule has 8 aromatic rings. The predicted octanol–water partition coefficient (Wildman–Crippen LogP) is 10.1. The number of halogens is 6. The number of alkyl halides is 6. The number of fused-ring (bicyclic) bond motifs is 6. The molecule has 14 nitrogen and oxygen atoms in total. The third-order valence-corrected chi connectivity index (χ3v) is 14.3. The Bertz CT molecular complexity index is 3460. The molecule has 20 heteroatoms. The number of carboxylic acids is 2. The van der Waals surface area contributed by atoms with Crippen LogP contribution in [0.1, 0.15) is 44.5 Å². The number of hydrogen-bond acceptors (Lipinski definition) is 10. The summed E-state index contributed by atoms with van der Waals surface area (Å²) in [6.45, 7) is 3.46. The number of hydrogen-bond donors (Lipinski definition) is 2. The highest BCUT2D eigenvalue weighted by atomic mass is 19.4. The second-order valence-electron chi connectivity index (χ2n) is 19.2. The van der Waals surface area contributed by atoms with Gasteiger partial charge in [-0.3, -0.25) is 28.8 Å². The van der Waals surface area contributed by atoms with Crippen LogP contribution in [0.2, 0.25) is 0 Å². The maximum atomic E-state index is 14.3. The summed E-state index contributed by atoms with van der Waals surface area (Å²) in [6.07, 6.45) is -7.01. The van der Waals surface area contributed by atoms with Gasteiger partial charge in [0.1, 0.15) is 28.2 Å². The number of aromatic nitrogens is 6. The molecule has 0 spiro atoms. The standard InChI is InChI=1S/2C27H23F3N4O3/c1-33-24-19-9-7-15(12-34-13-18(14-34)26(35)36)11-17(19)8-10-20(24)22(31-33)23-21(27(28,29)30)25(37-32-23)16-5-3-2-4-6-16;1-33-24(23-21(27(28,29)30)25(37-32-23)16-5-3-2-4-6-16)20-10-8-17-11-15(7-9-19(17)22(20)31-33)12-34-13-18(14-34)26(35)36/h2*2-7,9,11,18H,8,10,12-14H2,1H3,(H,35,36). The van der Waals surface area contributed by atoms with E-state index in [0.717, 1.165) is 39.1 Å².